The highest BCUT2D eigenvalue weighted by atomic mass is 16.6. The lowest BCUT2D eigenvalue weighted by Gasteiger charge is -2.28. The third kappa shape index (κ3) is 4.14. The lowest BCUT2D eigenvalue weighted by atomic mass is 9.98. The van der Waals surface area contributed by atoms with Crippen LogP contribution in [0.15, 0.2) is 24.3 Å². The van der Waals surface area contributed by atoms with Crippen LogP contribution in [0.4, 0.5) is 0 Å². The minimum Gasteiger partial charge on any atom is -0.486 e. The summed E-state index contributed by atoms with van der Waals surface area (Å²) in [5, 5.41) is 3.63. The average molecular weight is 277 g/mol. The Morgan fingerprint density at radius 3 is 2.65 bits per heavy atom. The molecule has 0 bridgehead atoms. The molecule has 0 aromatic heterocycles. The minimum atomic E-state index is 0.107. The smallest absolute Gasteiger partial charge is 0.161 e. The van der Waals surface area contributed by atoms with Crippen molar-refractivity contribution in [2.75, 3.05) is 13.2 Å². The van der Waals surface area contributed by atoms with Crippen molar-refractivity contribution in [3.63, 3.8) is 0 Å². The monoisotopic (exact) mass is 277 g/mol. The van der Waals surface area contributed by atoms with E-state index in [1.165, 1.54) is 12.8 Å². The number of hydrogen-bond donors (Lipinski definition) is 1. The van der Waals surface area contributed by atoms with Crippen LogP contribution in [0.5, 0.6) is 11.5 Å². The van der Waals surface area contributed by atoms with Crippen LogP contribution in [0.25, 0.3) is 0 Å². The van der Waals surface area contributed by atoms with Gasteiger partial charge in [0.05, 0.1) is 0 Å². The van der Waals surface area contributed by atoms with Crippen LogP contribution in [0, 0.1) is 5.92 Å². The van der Waals surface area contributed by atoms with Gasteiger partial charge in [0.2, 0.25) is 0 Å². The molecule has 0 radical (unpaired) electrons. The first-order valence-corrected chi connectivity index (χ1v) is 7.84. The highest BCUT2D eigenvalue weighted by molar-refractivity contribution is 5.40. The first-order valence-electron chi connectivity index (χ1n) is 7.84. The van der Waals surface area contributed by atoms with E-state index in [2.05, 4.69) is 26.1 Å². The number of rotatable bonds is 7. The second-order valence-corrected chi connectivity index (χ2v) is 5.76. The van der Waals surface area contributed by atoms with Crippen molar-refractivity contribution in [1.29, 1.82) is 0 Å². The molecule has 1 aliphatic heterocycles. The minimum absolute atomic E-state index is 0.107. The summed E-state index contributed by atoms with van der Waals surface area (Å²) in [6.07, 6.45) is 3.75. The maximum Gasteiger partial charge on any atom is 0.161 e. The quantitative estimate of drug-likeness (QED) is 0.825. The maximum absolute atomic E-state index is 5.97. The summed E-state index contributed by atoms with van der Waals surface area (Å²) in [5.41, 5.74) is 0. The van der Waals surface area contributed by atoms with E-state index in [0.29, 0.717) is 12.6 Å². The van der Waals surface area contributed by atoms with E-state index in [9.17, 15) is 0 Å². The van der Waals surface area contributed by atoms with E-state index in [-0.39, 0.29) is 6.10 Å². The molecule has 0 fully saturated rings. The highest BCUT2D eigenvalue weighted by Crippen LogP contribution is 2.30. The first-order chi connectivity index (χ1) is 9.72. The Balaban J connectivity index is 1.80. The van der Waals surface area contributed by atoms with E-state index in [0.717, 1.165) is 30.4 Å². The summed E-state index contributed by atoms with van der Waals surface area (Å²) in [6.45, 7) is 8.30. The molecule has 1 N–H and O–H groups in total. The van der Waals surface area contributed by atoms with Crippen LogP contribution >= 0.6 is 0 Å². The van der Waals surface area contributed by atoms with E-state index in [1.54, 1.807) is 0 Å². The molecule has 2 rings (SSSR count). The Labute approximate surface area is 122 Å². The largest absolute Gasteiger partial charge is 0.486 e. The van der Waals surface area contributed by atoms with Crippen molar-refractivity contribution in [2.24, 2.45) is 5.92 Å². The van der Waals surface area contributed by atoms with Gasteiger partial charge in [-0.15, -0.1) is 0 Å². The summed E-state index contributed by atoms with van der Waals surface area (Å²) in [4.78, 5) is 0. The maximum atomic E-state index is 5.97. The Morgan fingerprint density at radius 1 is 1.20 bits per heavy atom. The van der Waals surface area contributed by atoms with Gasteiger partial charge in [0.1, 0.15) is 12.7 Å². The standard InChI is InChI=1S/C17H27NO2/c1-4-13(3)10-14(5-2)18-11-15-12-19-16-8-6-7-9-17(16)20-15/h6-9,13-15,18H,4-5,10-12H2,1-3H3. The van der Waals surface area contributed by atoms with Crippen molar-refractivity contribution in [3.8, 4) is 11.5 Å². The Hall–Kier alpha value is -1.22. The molecule has 3 atom stereocenters. The van der Waals surface area contributed by atoms with Crippen LogP contribution < -0.4 is 14.8 Å². The zero-order valence-corrected chi connectivity index (χ0v) is 12.9. The molecular weight excluding hydrogens is 250 g/mol. The first kappa shape index (κ1) is 15.2. The van der Waals surface area contributed by atoms with Crippen molar-refractivity contribution < 1.29 is 9.47 Å². The van der Waals surface area contributed by atoms with Gasteiger partial charge >= 0.3 is 0 Å². The Kier molecular flexibility index (Phi) is 5.72. The van der Waals surface area contributed by atoms with Gasteiger partial charge < -0.3 is 14.8 Å². The number of fused-ring (bicyclic) bond motifs is 1. The summed E-state index contributed by atoms with van der Waals surface area (Å²) in [6, 6.07) is 8.45. The van der Waals surface area contributed by atoms with Crippen LogP contribution in [0.3, 0.4) is 0 Å². The Morgan fingerprint density at radius 2 is 1.95 bits per heavy atom. The van der Waals surface area contributed by atoms with Gasteiger partial charge in [-0.1, -0.05) is 39.3 Å². The molecule has 0 aliphatic carbocycles. The molecule has 1 heterocycles. The summed E-state index contributed by atoms with van der Waals surface area (Å²) in [5.74, 6) is 2.49. The lowest BCUT2D eigenvalue weighted by Crippen LogP contribution is -2.42. The predicted octanol–water partition coefficient (Wildman–Crippen LogP) is 3.63. The number of hydrogen-bond acceptors (Lipinski definition) is 3. The van der Waals surface area contributed by atoms with Crippen molar-refractivity contribution in [3.05, 3.63) is 24.3 Å². The number of para-hydroxylation sites is 2. The van der Waals surface area contributed by atoms with Crippen molar-refractivity contribution >= 4 is 0 Å². The van der Waals surface area contributed by atoms with Gasteiger partial charge in [-0.05, 0) is 30.9 Å². The molecule has 3 heteroatoms. The molecule has 1 aromatic rings. The number of ether oxygens (including phenoxy) is 2. The van der Waals surface area contributed by atoms with Gasteiger partial charge in [0.15, 0.2) is 11.5 Å². The fourth-order valence-electron chi connectivity index (χ4n) is 2.51. The van der Waals surface area contributed by atoms with Crippen LogP contribution in [-0.2, 0) is 0 Å². The number of nitrogens with one attached hydrogen (secondary N) is 1. The lowest BCUT2D eigenvalue weighted by molar-refractivity contribution is 0.0872. The molecule has 112 valence electrons. The molecule has 1 aromatic carbocycles. The van der Waals surface area contributed by atoms with Gasteiger partial charge in [-0.25, -0.2) is 0 Å². The van der Waals surface area contributed by atoms with E-state index in [1.807, 2.05) is 24.3 Å². The van der Waals surface area contributed by atoms with Gasteiger partial charge in [-0.2, -0.15) is 0 Å². The predicted molar refractivity (Wildman–Crippen MR) is 82.5 cm³/mol. The summed E-state index contributed by atoms with van der Waals surface area (Å²) in [7, 11) is 0. The zero-order chi connectivity index (χ0) is 14.4. The fraction of sp³-hybridized carbons (Fsp3) is 0.647. The fourth-order valence-corrected chi connectivity index (χ4v) is 2.51. The second kappa shape index (κ2) is 7.53. The molecule has 3 unspecified atom stereocenters. The highest BCUT2D eigenvalue weighted by Gasteiger charge is 2.21. The van der Waals surface area contributed by atoms with E-state index >= 15 is 0 Å². The second-order valence-electron chi connectivity index (χ2n) is 5.76. The van der Waals surface area contributed by atoms with E-state index in [4.69, 9.17) is 9.47 Å². The van der Waals surface area contributed by atoms with E-state index < -0.39 is 0 Å². The molecule has 0 spiro atoms. The van der Waals surface area contributed by atoms with Crippen molar-refractivity contribution in [1.82, 2.24) is 5.32 Å². The van der Waals surface area contributed by atoms with Gasteiger partial charge in [-0.3, -0.25) is 0 Å². The third-order valence-corrected chi connectivity index (χ3v) is 4.08. The zero-order valence-electron chi connectivity index (χ0n) is 12.9. The molecule has 1 aliphatic rings. The SMILES string of the molecule is CCC(C)CC(CC)NCC1COc2ccccc2O1. The average Bonchev–Trinajstić information content (AvgIpc) is 2.50. The van der Waals surface area contributed by atoms with Crippen LogP contribution in [-0.4, -0.2) is 25.3 Å². The number of benzene rings is 1. The summed E-state index contributed by atoms with van der Waals surface area (Å²) < 4.78 is 11.7. The third-order valence-electron chi connectivity index (χ3n) is 4.08. The van der Waals surface area contributed by atoms with Crippen LogP contribution in [0.1, 0.15) is 40.0 Å². The van der Waals surface area contributed by atoms with Crippen LogP contribution in [0.2, 0.25) is 0 Å². The van der Waals surface area contributed by atoms with Gasteiger partial charge in [0, 0.05) is 12.6 Å². The molecule has 0 saturated heterocycles. The normalized spacial score (nSPS) is 20.4. The topological polar surface area (TPSA) is 30.5 Å². The van der Waals surface area contributed by atoms with Crippen molar-refractivity contribution in [2.45, 2.75) is 52.2 Å². The molecule has 0 amide bonds. The van der Waals surface area contributed by atoms with Gasteiger partial charge in [0.25, 0.3) is 0 Å². The molecule has 3 nitrogen and oxygen atoms in total. The Bertz CT molecular complexity index is 408. The molecular formula is C17H27NO2. The molecule has 0 saturated carbocycles. The molecule has 20 heavy (non-hydrogen) atoms. The summed E-state index contributed by atoms with van der Waals surface area (Å²) >= 11 is 0.